The van der Waals surface area contributed by atoms with Crippen molar-refractivity contribution in [2.75, 3.05) is 11.9 Å². The third-order valence-corrected chi connectivity index (χ3v) is 6.07. The number of hydrogen-bond donors (Lipinski definition) is 4. The van der Waals surface area contributed by atoms with Crippen molar-refractivity contribution >= 4 is 11.6 Å². The quantitative estimate of drug-likeness (QED) is 0.490. The van der Waals surface area contributed by atoms with Crippen molar-refractivity contribution < 1.29 is 9.90 Å². The first kappa shape index (κ1) is 22.2. The van der Waals surface area contributed by atoms with E-state index in [9.17, 15) is 9.90 Å². The van der Waals surface area contributed by atoms with Gasteiger partial charge in [-0.2, -0.15) is 0 Å². The Bertz CT molecular complexity index is 871. The van der Waals surface area contributed by atoms with E-state index >= 15 is 0 Å². The second-order valence-corrected chi connectivity index (χ2v) is 8.52. The summed E-state index contributed by atoms with van der Waals surface area (Å²) in [5.74, 6) is 0.115. The van der Waals surface area contributed by atoms with Crippen LogP contribution in [-0.4, -0.2) is 23.6 Å². The second kappa shape index (κ2) is 9.98. The smallest absolute Gasteiger partial charge is 0.237 e. The van der Waals surface area contributed by atoms with E-state index < -0.39 is 6.04 Å². The summed E-state index contributed by atoms with van der Waals surface area (Å²) in [5.41, 5.74) is 12.8. The van der Waals surface area contributed by atoms with Crippen LogP contribution in [0.5, 0.6) is 5.75 Å². The Morgan fingerprint density at radius 3 is 2.67 bits per heavy atom. The molecule has 0 aromatic heterocycles. The second-order valence-electron chi connectivity index (χ2n) is 8.52. The molecular formula is C25H35N3O2. The van der Waals surface area contributed by atoms with Gasteiger partial charge in [-0.05, 0) is 85.5 Å². The largest absolute Gasteiger partial charge is 0.508 e. The maximum Gasteiger partial charge on any atom is 0.237 e. The van der Waals surface area contributed by atoms with Crippen molar-refractivity contribution in [2.45, 2.75) is 71.4 Å². The van der Waals surface area contributed by atoms with Crippen LogP contribution in [0.25, 0.3) is 0 Å². The Hall–Kier alpha value is -2.53. The molecule has 1 heterocycles. The third-order valence-electron chi connectivity index (χ3n) is 6.07. The minimum atomic E-state index is -0.627. The van der Waals surface area contributed by atoms with Crippen molar-refractivity contribution in [1.82, 2.24) is 5.32 Å². The van der Waals surface area contributed by atoms with Gasteiger partial charge in [0.15, 0.2) is 0 Å². The number of benzene rings is 2. The van der Waals surface area contributed by atoms with Crippen molar-refractivity contribution in [2.24, 2.45) is 5.73 Å². The minimum absolute atomic E-state index is 0.0204. The van der Waals surface area contributed by atoms with E-state index in [1.54, 1.807) is 12.1 Å². The maximum absolute atomic E-state index is 12.9. The van der Waals surface area contributed by atoms with Crippen molar-refractivity contribution in [3.8, 4) is 5.75 Å². The van der Waals surface area contributed by atoms with E-state index in [4.69, 9.17) is 5.73 Å². The molecule has 30 heavy (non-hydrogen) atoms. The van der Waals surface area contributed by atoms with Gasteiger partial charge in [0.1, 0.15) is 5.75 Å². The zero-order valence-corrected chi connectivity index (χ0v) is 18.4. The summed E-state index contributed by atoms with van der Waals surface area (Å²) >= 11 is 0. The summed E-state index contributed by atoms with van der Waals surface area (Å²) < 4.78 is 0. The summed E-state index contributed by atoms with van der Waals surface area (Å²) in [7, 11) is 0. The molecule has 0 spiro atoms. The third kappa shape index (κ3) is 5.33. The Morgan fingerprint density at radius 2 is 1.97 bits per heavy atom. The molecule has 0 saturated heterocycles. The lowest BCUT2D eigenvalue weighted by atomic mass is 9.93. The molecule has 2 aromatic rings. The summed E-state index contributed by atoms with van der Waals surface area (Å²) in [6, 6.07) is 9.35. The number of carbonyl (C=O) groups excluding carboxylic acids is 1. The number of rotatable bonds is 8. The number of anilines is 1. The normalized spacial score (nSPS) is 16.5. The van der Waals surface area contributed by atoms with E-state index in [0.717, 1.165) is 47.3 Å². The number of nitrogens with one attached hydrogen (secondary N) is 2. The van der Waals surface area contributed by atoms with Gasteiger partial charge in [-0.1, -0.05) is 31.9 Å². The summed E-state index contributed by atoms with van der Waals surface area (Å²) in [6.45, 7) is 6.93. The van der Waals surface area contributed by atoms with Gasteiger partial charge in [0.05, 0.1) is 12.1 Å². The zero-order valence-electron chi connectivity index (χ0n) is 18.4. The first-order chi connectivity index (χ1) is 14.4. The van der Waals surface area contributed by atoms with Crippen molar-refractivity contribution in [3.05, 3.63) is 58.1 Å². The average molecular weight is 410 g/mol. The standard InChI is InChI=1S/C25H35N3O2/c1-4-5-6-7-18-8-9-23-21(14-18)24(10-11-27-23)28-25(30)22(26)15-20-16(2)12-19(29)13-17(20)3/h8-9,12-14,22,24,27,29H,4-7,10-11,15,26H2,1-3H3,(H,28,30). The van der Waals surface area contributed by atoms with Gasteiger partial charge < -0.3 is 21.5 Å². The first-order valence-corrected chi connectivity index (χ1v) is 11.1. The molecule has 0 fully saturated rings. The summed E-state index contributed by atoms with van der Waals surface area (Å²) in [6.07, 6.45) is 6.01. The lowest BCUT2D eigenvalue weighted by Gasteiger charge is -2.29. The Morgan fingerprint density at radius 1 is 1.23 bits per heavy atom. The van der Waals surface area contributed by atoms with E-state index in [0.29, 0.717) is 6.42 Å². The van der Waals surface area contributed by atoms with Crippen LogP contribution in [-0.2, 0) is 17.6 Å². The average Bonchev–Trinajstić information content (AvgIpc) is 2.71. The highest BCUT2D eigenvalue weighted by molar-refractivity contribution is 5.82. The highest BCUT2D eigenvalue weighted by Crippen LogP contribution is 2.31. The van der Waals surface area contributed by atoms with E-state index in [2.05, 4.69) is 35.8 Å². The van der Waals surface area contributed by atoms with Crippen LogP contribution < -0.4 is 16.4 Å². The van der Waals surface area contributed by atoms with Crippen LogP contribution in [0.1, 0.15) is 66.5 Å². The zero-order chi connectivity index (χ0) is 21.7. The lowest BCUT2D eigenvalue weighted by molar-refractivity contribution is -0.123. The van der Waals surface area contributed by atoms with Crippen LogP contribution in [0.2, 0.25) is 0 Å². The number of fused-ring (bicyclic) bond motifs is 1. The number of unbranched alkanes of at least 4 members (excludes halogenated alkanes) is 2. The molecule has 1 amide bonds. The molecule has 5 N–H and O–H groups in total. The molecule has 2 unspecified atom stereocenters. The number of aromatic hydroxyl groups is 1. The van der Waals surface area contributed by atoms with E-state index in [-0.39, 0.29) is 17.7 Å². The van der Waals surface area contributed by atoms with Crippen LogP contribution in [0.15, 0.2) is 30.3 Å². The topological polar surface area (TPSA) is 87.4 Å². The van der Waals surface area contributed by atoms with Gasteiger partial charge in [-0.25, -0.2) is 0 Å². The van der Waals surface area contributed by atoms with E-state index in [1.165, 1.54) is 24.8 Å². The van der Waals surface area contributed by atoms with Gasteiger partial charge >= 0.3 is 0 Å². The Labute approximate surface area is 180 Å². The van der Waals surface area contributed by atoms with Crippen LogP contribution in [0.4, 0.5) is 5.69 Å². The fourth-order valence-electron chi connectivity index (χ4n) is 4.34. The van der Waals surface area contributed by atoms with Crippen LogP contribution in [0.3, 0.4) is 0 Å². The minimum Gasteiger partial charge on any atom is -0.508 e. The summed E-state index contributed by atoms with van der Waals surface area (Å²) in [4.78, 5) is 12.9. The molecule has 2 atom stereocenters. The molecule has 0 saturated carbocycles. The predicted molar refractivity (Wildman–Crippen MR) is 123 cm³/mol. The molecule has 5 nitrogen and oxygen atoms in total. The highest BCUT2D eigenvalue weighted by Gasteiger charge is 2.25. The maximum atomic E-state index is 12.9. The van der Waals surface area contributed by atoms with Crippen LogP contribution in [0, 0.1) is 13.8 Å². The molecular weight excluding hydrogens is 374 g/mol. The Balaban J connectivity index is 1.69. The predicted octanol–water partition coefficient (Wildman–Crippen LogP) is 4.28. The molecule has 2 aromatic carbocycles. The highest BCUT2D eigenvalue weighted by atomic mass is 16.3. The molecule has 3 rings (SSSR count). The van der Waals surface area contributed by atoms with Gasteiger partial charge in [0.2, 0.25) is 5.91 Å². The fourth-order valence-corrected chi connectivity index (χ4v) is 4.34. The number of hydrogen-bond acceptors (Lipinski definition) is 4. The molecule has 1 aliphatic heterocycles. The molecule has 162 valence electrons. The van der Waals surface area contributed by atoms with Crippen LogP contribution >= 0.6 is 0 Å². The lowest BCUT2D eigenvalue weighted by Crippen LogP contribution is -2.44. The molecule has 0 bridgehead atoms. The van der Waals surface area contributed by atoms with Crippen molar-refractivity contribution in [3.63, 3.8) is 0 Å². The van der Waals surface area contributed by atoms with Crippen molar-refractivity contribution in [1.29, 1.82) is 0 Å². The van der Waals surface area contributed by atoms with Gasteiger partial charge in [-0.3, -0.25) is 4.79 Å². The molecule has 0 aliphatic carbocycles. The number of nitrogens with two attached hydrogens (primary N) is 1. The number of amides is 1. The monoisotopic (exact) mass is 409 g/mol. The number of phenolic OH excluding ortho intramolecular Hbond substituents is 1. The first-order valence-electron chi connectivity index (χ1n) is 11.1. The summed E-state index contributed by atoms with van der Waals surface area (Å²) in [5, 5.41) is 16.4. The number of phenols is 1. The Kier molecular flexibility index (Phi) is 7.38. The SMILES string of the molecule is CCCCCc1ccc2c(c1)C(NC(=O)C(N)Cc1c(C)cc(O)cc1C)CCN2. The molecule has 0 radical (unpaired) electrons. The van der Waals surface area contributed by atoms with E-state index in [1.807, 2.05) is 13.8 Å². The molecule has 5 heteroatoms. The van der Waals surface area contributed by atoms with Gasteiger partial charge in [0, 0.05) is 12.2 Å². The number of carbonyl (C=O) groups is 1. The molecule has 1 aliphatic rings. The number of aryl methyl sites for hydroxylation is 3. The van der Waals surface area contributed by atoms with Gasteiger partial charge in [-0.15, -0.1) is 0 Å². The van der Waals surface area contributed by atoms with Gasteiger partial charge in [0.25, 0.3) is 0 Å². The fraction of sp³-hybridized carbons (Fsp3) is 0.480.